The van der Waals surface area contributed by atoms with E-state index in [-0.39, 0.29) is 5.91 Å². The van der Waals surface area contributed by atoms with Crippen molar-refractivity contribution in [1.29, 1.82) is 0 Å². The molecule has 3 heterocycles. The average molecular weight is 402 g/mol. The molecule has 0 aliphatic heterocycles. The summed E-state index contributed by atoms with van der Waals surface area (Å²) in [6.45, 7) is 3.95. The molecule has 0 atom stereocenters. The van der Waals surface area contributed by atoms with Crippen LogP contribution in [0.25, 0.3) is 10.6 Å². The van der Waals surface area contributed by atoms with Crippen LogP contribution in [0.3, 0.4) is 0 Å². The summed E-state index contributed by atoms with van der Waals surface area (Å²) in [6, 6.07) is 14.4. The van der Waals surface area contributed by atoms with Crippen LogP contribution in [-0.4, -0.2) is 25.8 Å². The van der Waals surface area contributed by atoms with Gasteiger partial charge < -0.3 is 10.6 Å². The Hall–Kier alpha value is -3.65. The summed E-state index contributed by atoms with van der Waals surface area (Å²) in [5.74, 6) is 0.207. The second-order valence-corrected chi connectivity index (χ2v) is 7.49. The summed E-state index contributed by atoms with van der Waals surface area (Å²) < 4.78 is 0. The zero-order valence-electron chi connectivity index (χ0n) is 15.9. The molecule has 2 N–H and O–H groups in total. The maximum Gasteiger partial charge on any atom is 0.274 e. The first kappa shape index (κ1) is 18.7. The number of aromatic nitrogens is 4. The molecule has 0 aliphatic carbocycles. The van der Waals surface area contributed by atoms with Crippen molar-refractivity contribution in [2.45, 2.75) is 13.8 Å². The number of carbonyl (C=O) groups excluding carboxylic acids is 1. The largest absolute Gasteiger partial charge is 0.324 e. The molecule has 144 valence electrons. The van der Waals surface area contributed by atoms with Crippen LogP contribution in [0, 0.1) is 13.8 Å². The number of thiazole rings is 1. The Balaban J connectivity index is 1.52. The predicted octanol–water partition coefficient (Wildman–Crippen LogP) is 4.61. The van der Waals surface area contributed by atoms with Gasteiger partial charge in [0.05, 0.1) is 21.3 Å². The highest BCUT2D eigenvalue weighted by molar-refractivity contribution is 7.15. The standard InChI is InChI=1S/C21H18N6OS/c1-13-19(29-14(2)24-13)17-9-11-23-21(27-17)26-16-7-5-6-15(12-16)25-20(28)18-8-3-4-10-22-18/h3-12H,1-2H3,(H,25,28)(H,23,26,27). The Morgan fingerprint density at radius 2 is 1.79 bits per heavy atom. The van der Waals surface area contributed by atoms with Gasteiger partial charge in [0.1, 0.15) is 5.69 Å². The lowest BCUT2D eigenvalue weighted by molar-refractivity contribution is 0.102. The molecule has 0 aliphatic rings. The van der Waals surface area contributed by atoms with Crippen LogP contribution >= 0.6 is 11.3 Å². The van der Waals surface area contributed by atoms with Gasteiger partial charge in [0.25, 0.3) is 5.91 Å². The maximum absolute atomic E-state index is 12.3. The summed E-state index contributed by atoms with van der Waals surface area (Å²) in [5.41, 5.74) is 3.55. The molecular formula is C21H18N6OS. The summed E-state index contributed by atoms with van der Waals surface area (Å²) in [7, 11) is 0. The third-order valence-corrected chi connectivity index (χ3v) is 5.16. The highest BCUT2D eigenvalue weighted by Gasteiger charge is 2.11. The maximum atomic E-state index is 12.3. The fourth-order valence-electron chi connectivity index (χ4n) is 2.81. The van der Waals surface area contributed by atoms with Crippen molar-refractivity contribution in [2.75, 3.05) is 10.6 Å². The molecular weight excluding hydrogens is 384 g/mol. The second kappa shape index (κ2) is 8.15. The van der Waals surface area contributed by atoms with Crippen LogP contribution in [-0.2, 0) is 0 Å². The first-order valence-electron chi connectivity index (χ1n) is 8.95. The molecule has 0 saturated carbocycles. The van der Waals surface area contributed by atoms with Crippen molar-refractivity contribution in [3.8, 4) is 10.6 Å². The highest BCUT2D eigenvalue weighted by Crippen LogP contribution is 2.29. The lowest BCUT2D eigenvalue weighted by atomic mass is 10.2. The van der Waals surface area contributed by atoms with Crippen LogP contribution in [0.15, 0.2) is 60.9 Å². The molecule has 0 radical (unpaired) electrons. The van der Waals surface area contributed by atoms with E-state index in [0.29, 0.717) is 17.3 Å². The summed E-state index contributed by atoms with van der Waals surface area (Å²) in [6.07, 6.45) is 3.30. The van der Waals surface area contributed by atoms with Crippen molar-refractivity contribution in [1.82, 2.24) is 19.9 Å². The summed E-state index contributed by atoms with van der Waals surface area (Å²) >= 11 is 1.61. The smallest absolute Gasteiger partial charge is 0.274 e. The quantitative estimate of drug-likeness (QED) is 0.506. The molecule has 8 heteroatoms. The van der Waals surface area contributed by atoms with Crippen molar-refractivity contribution >= 4 is 34.6 Å². The number of aryl methyl sites for hydroxylation is 2. The van der Waals surface area contributed by atoms with Gasteiger partial charge in [-0.1, -0.05) is 12.1 Å². The van der Waals surface area contributed by atoms with E-state index < -0.39 is 0 Å². The first-order chi connectivity index (χ1) is 14.1. The lowest BCUT2D eigenvalue weighted by Gasteiger charge is -2.09. The normalized spacial score (nSPS) is 10.6. The van der Waals surface area contributed by atoms with Gasteiger partial charge in [-0.25, -0.2) is 15.0 Å². The van der Waals surface area contributed by atoms with E-state index in [1.165, 1.54) is 0 Å². The van der Waals surface area contributed by atoms with Gasteiger partial charge in [-0.15, -0.1) is 11.3 Å². The lowest BCUT2D eigenvalue weighted by Crippen LogP contribution is -2.13. The molecule has 3 aromatic heterocycles. The van der Waals surface area contributed by atoms with E-state index in [1.807, 2.05) is 44.2 Å². The topological polar surface area (TPSA) is 92.7 Å². The van der Waals surface area contributed by atoms with Gasteiger partial charge in [-0.05, 0) is 50.2 Å². The molecule has 1 amide bonds. The minimum absolute atomic E-state index is 0.267. The predicted molar refractivity (Wildman–Crippen MR) is 115 cm³/mol. The minimum Gasteiger partial charge on any atom is -0.324 e. The molecule has 1 aromatic carbocycles. The minimum atomic E-state index is -0.267. The molecule has 0 spiro atoms. The number of benzene rings is 1. The third-order valence-electron chi connectivity index (χ3n) is 4.07. The Bertz CT molecular complexity index is 1160. The van der Waals surface area contributed by atoms with E-state index in [1.54, 1.807) is 41.9 Å². The van der Waals surface area contributed by atoms with Crippen molar-refractivity contribution in [3.63, 3.8) is 0 Å². The van der Waals surface area contributed by atoms with Gasteiger partial charge in [0, 0.05) is 23.8 Å². The Morgan fingerprint density at radius 1 is 0.931 bits per heavy atom. The van der Waals surface area contributed by atoms with Gasteiger partial charge >= 0.3 is 0 Å². The molecule has 29 heavy (non-hydrogen) atoms. The Morgan fingerprint density at radius 3 is 2.55 bits per heavy atom. The van der Waals surface area contributed by atoms with Crippen LogP contribution in [0.5, 0.6) is 0 Å². The molecule has 0 fully saturated rings. The van der Waals surface area contributed by atoms with Gasteiger partial charge in [0.2, 0.25) is 5.95 Å². The zero-order valence-corrected chi connectivity index (χ0v) is 16.7. The fourth-order valence-corrected chi connectivity index (χ4v) is 3.70. The molecule has 4 rings (SSSR count). The molecule has 0 unspecified atom stereocenters. The number of hydrogen-bond acceptors (Lipinski definition) is 7. The van der Waals surface area contributed by atoms with E-state index in [9.17, 15) is 4.79 Å². The van der Waals surface area contributed by atoms with Gasteiger partial charge in [0.15, 0.2) is 0 Å². The Kier molecular flexibility index (Phi) is 5.26. The number of anilines is 3. The second-order valence-electron chi connectivity index (χ2n) is 6.29. The van der Waals surface area contributed by atoms with Crippen LogP contribution < -0.4 is 10.6 Å². The number of pyridine rings is 1. The van der Waals surface area contributed by atoms with Gasteiger partial charge in [-0.3, -0.25) is 9.78 Å². The van der Waals surface area contributed by atoms with Crippen molar-refractivity contribution in [2.24, 2.45) is 0 Å². The first-order valence-corrected chi connectivity index (χ1v) is 9.77. The molecule has 0 bridgehead atoms. The summed E-state index contributed by atoms with van der Waals surface area (Å²) in [5, 5.41) is 7.03. The number of rotatable bonds is 5. The van der Waals surface area contributed by atoms with Gasteiger partial charge in [-0.2, -0.15) is 0 Å². The average Bonchev–Trinajstić information content (AvgIpc) is 3.07. The highest BCUT2D eigenvalue weighted by atomic mass is 32.1. The Labute approximate surface area is 171 Å². The number of nitrogens with zero attached hydrogens (tertiary/aromatic N) is 4. The van der Waals surface area contributed by atoms with E-state index in [0.717, 1.165) is 27.0 Å². The summed E-state index contributed by atoms with van der Waals surface area (Å²) in [4.78, 5) is 30.7. The van der Waals surface area contributed by atoms with Crippen molar-refractivity contribution < 1.29 is 4.79 Å². The third kappa shape index (κ3) is 4.44. The van der Waals surface area contributed by atoms with E-state index in [4.69, 9.17) is 0 Å². The monoisotopic (exact) mass is 402 g/mol. The van der Waals surface area contributed by atoms with E-state index in [2.05, 4.69) is 30.6 Å². The number of nitrogens with one attached hydrogen (secondary N) is 2. The number of hydrogen-bond donors (Lipinski definition) is 2. The SMILES string of the molecule is Cc1nc(C)c(-c2ccnc(Nc3cccc(NC(=O)c4ccccn4)c3)n2)s1. The zero-order chi connectivity index (χ0) is 20.2. The van der Waals surface area contributed by atoms with Crippen LogP contribution in [0.2, 0.25) is 0 Å². The number of carbonyl (C=O) groups is 1. The fraction of sp³-hybridized carbons (Fsp3) is 0.0952. The molecule has 0 saturated heterocycles. The van der Waals surface area contributed by atoms with Crippen LogP contribution in [0.1, 0.15) is 21.2 Å². The van der Waals surface area contributed by atoms with Crippen molar-refractivity contribution in [3.05, 3.63) is 77.3 Å². The number of amides is 1. The van der Waals surface area contributed by atoms with E-state index >= 15 is 0 Å². The molecule has 7 nitrogen and oxygen atoms in total. The molecule has 4 aromatic rings. The van der Waals surface area contributed by atoms with Crippen LogP contribution in [0.4, 0.5) is 17.3 Å².